The van der Waals surface area contributed by atoms with Gasteiger partial charge >= 0.3 is 0 Å². The van der Waals surface area contributed by atoms with Gasteiger partial charge in [0.15, 0.2) is 5.66 Å². The van der Waals surface area contributed by atoms with Crippen molar-refractivity contribution < 1.29 is 4.39 Å². The molecular formula is C23H32FN5. The molecule has 0 amide bonds. The van der Waals surface area contributed by atoms with Gasteiger partial charge in [-0.2, -0.15) is 0 Å². The lowest BCUT2D eigenvalue weighted by atomic mass is 9.75. The molecule has 3 aliphatic heterocycles. The zero-order chi connectivity index (χ0) is 20.4. The predicted octanol–water partition coefficient (Wildman–Crippen LogP) is 3.40. The Bertz CT molecular complexity index is 846. The van der Waals surface area contributed by atoms with E-state index in [9.17, 15) is 4.39 Å². The van der Waals surface area contributed by atoms with Gasteiger partial charge in [-0.1, -0.05) is 19.4 Å². The minimum atomic E-state index is -0.528. The molecule has 1 fully saturated rings. The molecule has 3 atom stereocenters. The van der Waals surface area contributed by atoms with E-state index in [0.29, 0.717) is 0 Å². The monoisotopic (exact) mass is 397 g/mol. The third kappa shape index (κ3) is 3.44. The Kier molecular flexibility index (Phi) is 5.63. The number of hydrogen-bond donors (Lipinski definition) is 3. The third-order valence-electron chi connectivity index (χ3n) is 6.53. The second-order valence-corrected chi connectivity index (χ2v) is 8.23. The van der Waals surface area contributed by atoms with E-state index < -0.39 is 5.66 Å². The van der Waals surface area contributed by atoms with Crippen LogP contribution in [0.25, 0.3) is 0 Å². The highest BCUT2D eigenvalue weighted by Gasteiger charge is 2.54. The molecule has 29 heavy (non-hydrogen) atoms. The first-order valence-corrected chi connectivity index (χ1v) is 10.8. The van der Waals surface area contributed by atoms with Crippen molar-refractivity contribution in [1.29, 1.82) is 0 Å². The zero-order valence-electron chi connectivity index (χ0n) is 17.4. The standard InChI is InChI=1S/C23H32FN5/c1-3-4-5-6-20-21(9-11-25)28-23(27-20)16(2)29-14-13-26-12-10-19(23)18-15-17(24)7-8-22(18)29/h6-9,11,15-16,19,26-27H,3-5,10,12-14,25H2,1-2H3/b11-9?,20-6-/t16?,19?,23-/m1/s1. The summed E-state index contributed by atoms with van der Waals surface area (Å²) >= 11 is 0. The predicted molar refractivity (Wildman–Crippen MR) is 118 cm³/mol. The molecule has 0 aliphatic carbocycles. The number of rotatable bonds is 4. The quantitative estimate of drug-likeness (QED) is 0.682. The van der Waals surface area contributed by atoms with Crippen LogP contribution < -0.4 is 21.3 Å². The first-order chi connectivity index (χ1) is 14.1. The number of anilines is 1. The summed E-state index contributed by atoms with van der Waals surface area (Å²) in [5, 5.41) is 7.33. The highest BCUT2D eigenvalue weighted by atomic mass is 19.1. The van der Waals surface area contributed by atoms with Crippen molar-refractivity contribution in [2.45, 2.75) is 57.2 Å². The summed E-state index contributed by atoms with van der Waals surface area (Å²) in [4.78, 5) is 7.62. The molecule has 3 heterocycles. The van der Waals surface area contributed by atoms with Gasteiger partial charge in [-0.25, -0.2) is 4.39 Å². The Morgan fingerprint density at radius 2 is 2.24 bits per heavy atom. The lowest BCUT2D eigenvalue weighted by molar-refractivity contribution is 0.242. The van der Waals surface area contributed by atoms with Crippen LogP contribution in [-0.2, 0) is 0 Å². The number of nitrogens with zero attached hydrogens (tertiary/aromatic N) is 2. The molecule has 0 radical (unpaired) electrons. The highest BCUT2D eigenvalue weighted by molar-refractivity contribution is 6.10. The molecule has 5 nitrogen and oxygen atoms in total. The van der Waals surface area contributed by atoms with Crippen LogP contribution in [-0.4, -0.2) is 37.1 Å². The van der Waals surface area contributed by atoms with E-state index in [4.69, 9.17) is 10.7 Å². The SMILES string of the molecule is CCCC/C=C1\N[C@]2(N=C1C=CN)C1CCNCCN(c3ccc(F)cc31)C2C. The minimum absolute atomic E-state index is 0.0725. The van der Waals surface area contributed by atoms with E-state index in [2.05, 4.69) is 35.5 Å². The Labute approximate surface area is 172 Å². The van der Waals surface area contributed by atoms with Crippen LogP contribution in [0.5, 0.6) is 0 Å². The van der Waals surface area contributed by atoms with Crippen molar-refractivity contribution >= 4 is 11.4 Å². The van der Waals surface area contributed by atoms with Crippen molar-refractivity contribution in [3.63, 3.8) is 0 Å². The fourth-order valence-corrected chi connectivity index (χ4v) is 5.06. The molecule has 0 aromatic heterocycles. The first-order valence-electron chi connectivity index (χ1n) is 10.8. The zero-order valence-corrected chi connectivity index (χ0v) is 17.4. The summed E-state index contributed by atoms with van der Waals surface area (Å²) in [6, 6.07) is 5.34. The summed E-state index contributed by atoms with van der Waals surface area (Å²) in [6.45, 7) is 7.09. The fourth-order valence-electron chi connectivity index (χ4n) is 5.06. The number of aliphatic imine (C=N–C) groups is 1. The molecule has 2 unspecified atom stereocenters. The van der Waals surface area contributed by atoms with Crippen LogP contribution in [0, 0.1) is 5.82 Å². The number of nitrogens with one attached hydrogen (secondary N) is 2. The van der Waals surface area contributed by atoms with Crippen LogP contribution in [0.1, 0.15) is 51.0 Å². The molecular weight excluding hydrogens is 365 g/mol. The normalized spacial score (nSPS) is 30.2. The van der Waals surface area contributed by atoms with Gasteiger partial charge in [0.25, 0.3) is 0 Å². The maximum atomic E-state index is 14.3. The highest BCUT2D eigenvalue weighted by Crippen LogP contribution is 2.49. The second-order valence-electron chi connectivity index (χ2n) is 8.23. The van der Waals surface area contributed by atoms with Crippen molar-refractivity contribution in [1.82, 2.24) is 10.6 Å². The van der Waals surface area contributed by atoms with Crippen LogP contribution >= 0.6 is 0 Å². The number of nitrogens with two attached hydrogens (primary N) is 1. The molecule has 156 valence electrons. The molecule has 1 spiro atoms. The van der Waals surface area contributed by atoms with Crippen LogP contribution in [0.4, 0.5) is 10.1 Å². The van der Waals surface area contributed by atoms with Gasteiger partial charge in [0.2, 0.25) is 0 Å². The average Bonchev–Trinajstić information content (AvgIpc) is 3.11. The van der Waals surface area contributed by atoms with E-state index in [1.165, 1.54) is 0 Å². The van der Waals surface area contributed by atoms with Gasteiger partial charge in [-0.05, 0) is 68.8 Å². The lowest BCUT2D eigenvalue weighted by Gasteiger charge is -2.51. The average molecular weight is 398 g/mol. The van der Waals surface area contributed by atoms with Gasteiger partial charge in [-0.3, -0.25) is 4.99 Å². The molecule has 1 saturated heterocycles. The number of benzene rings is 1. The summed E-state index contributed by atoms with van der Waals surface area (Å²) in [7, 11) is 0. The van der Waals surface area contributed by atoms with E-state index in [-0.39, 0.29) is 17.8 Å². The Morgan fingerprint density at radius 3 is 3.03 bits per heavy atom. The van der Waals surface area contributed by atoms with Gasteiger partial charge in [-0.15, -0.1) is 0 Å². The van der Waals surface area contributed by atoms with E-state index >= 15 is 0 Å². The lowest BCUT2D eigenvalue weighted by Crippen LogP contribution is -2.62. The van der Waals surface area contributed by atoms with Crippen LogP contribution in [0.15, 0.2) is 47.2 Å². The maximum absolute atomic E-state index is 14.3. The largest absolute Gasteiger partial charge is 0.405 e. The smallest absolute Gasteiger partial charge is 0.157 e. The van der Waals surface area contributed by atoms with Crippen molar-refractivity contribution in [3.05, 3.63) is 53.6 Å². The van der Waals surface area contributed by atoms with E-state index in [1.807, 2.05) is 12.1 Å². The fraction of sp³-hybridized carbons (Fsp3) is 0.522. The Morgan fingerprint density at radius 1 is 1.38 bits per heavy atom. The van der Waals surface area contributed by atoms with Crippen molar-refractivity contribution in [3.8, 4) is 0 Å². The molecule has 2 bridgehead atoms. The molecule has 6 heteroatoms. The summed E-state index contributed by atoms with van der Waals surface area (Å²) < 4.78 is 14.3. The summed E-state index contributed by atoms with van der Waals surface area (Å²) in [5.74, 6) is -0.114. The first kappa shape index (κ1) is 20.0. The molecule has 0 saturated carbocycles. The maximum Gasteiger partial charge on any atom is 0.157 e. The van der Waals surface area contributed by atoms with Gasteiger partial charge in [0.1, 0.15) is 5.82 Å². The number of halogens is 1. The van der Waals surface area contributed by atoms with Crippen molar-refractivity contribution in [2.24, 2.45) is 10.7 Å². The second kappa shape index (κ2) is 8.19. The van der Waals surface area contributed by atoms with Crippen LogP contribution in [0.3, 0.4) is 0 Å². The third-order valence-corrected chi connectivity index (χ3v) is 6.53. The molecule has 3 aliphatic rings. The Hall–Kier alpha value is -2.34. The Balaban J connectivity index is 1.84. The van der Waals surface area contributed by atoms with Gasteiger partial charge < -0.3 is 21.3 Å². The molecule has 4 N–H and O–H groups in total. The van der Waals surface area contributed by atoms with Gasteiger partial charge in [0, 0.05) is 24.7 Å². The molecule has 1 aromatic rings. The van der Waals surface area contributed by atoms with E-state index in [0.717, 1.165) is 68.0 Å². The van der Waals surface area contributed by atoms with Gasteiger partial charge in [0.05, 0.1) is 17.5 Å². The summed E-state index contributed by atoms with van der Waals surface area (Å²) in [6.07, 6.45) is 9.87. The summed E-state index contributed by atoms with van der Waals surface area (Å²) in [5.41, 5.74) is 9.34. The topological polar surface area (TPSA) is 65.7 Å². The number of allylic oxidation sites excluding steroid dienone is 2. The number of hydrogen-bond acceptors (Lipinski definition) is 5. The van der Waals surface area contributed by atoms with Crippen LogP contribution in [0.2, 0.25) is 0 Å². The number of unbranched alkanes of at least 4 members (excludes halogenated alkanes) is 2. The van der Waals surface area contributed by atoms with Crippen molar-refractivity contribution in [2.75, 3.05) is 24.5 Å². The van der Waals surface area contributed by atoms with E-state index in [1.54, 1.807) is 18.3 Å². The minimum Gasteiger partial charge on any atom is -0.405 e. The molecule has 4 rings (SSSR count). The molecule has 1 aromatic carbocycles. The number of fused-ring (bicyclic) bond motifs is 4.